The number of benzene rings is 1. The molecule has 138 valence electrons. The largest absolute Gasteiger partial charge is 0.433 e. The van der Waals surface area contributed by atoms with Crippen molar-refractivity contribution in [3.63, 3.8) is 0 Å². The van der Waals surface area contributed by atoms with Gasteiger partial charge in [-0.05, 0) is 17.7 Å². The topological polar surface area (TPSA) is 55.4 Å². The Morgan fingerprint density at radius 1 is 0.963 bits per heavy atom. The number of imidazole rings is 1. The van der Waals surface area contributed by atoms with Crippen LogP contribution in [0.15, 0.2) is 54.9 Å². The van der Waals surface area contributed by atoms with E-state index < -0.39 is 11.9 Å². The predicted molar refractivity (Wildman–Crippen MR) is 93.8 cm³/mol. The van der Waals surface area contributed by atoms with Crippen molar-refractivity contribution in [1.29, 1.82) is 0 Å². The first-order valence-electron chi connectivity index (χ1n) is 8.16. The molecule has 0 saturated heterocycles. The van der Waals surface area contributed by atoms with Crippen molar-refractivity contribution in [3.05, 3.63) is 66.1 Å². The van der Waals surface area contributed by atoms with E-state index in [4.69, 9.17) is 0 Å². The number of halogens is 3. The molecule has 0 fully saturated rings. The van der Waals surface area contributed by atoms with Gasteiger partial charge in [0.25, 0.3) is 0 Å². The molecule has 0 aliphatic rings. The molecule has 1 N–H and O–H groups in total. The Morgan fingerprint density at radius 3 is 2.22 bits per heavy atom. The lowest BCUT2D eigenvalue weighted by molar-refractivity contribution is -0.143. The van der Waals surface area contributed by atoms with Crippen LogP contribution in [0, 0.1) is 0 Å². The summed E-state index contributed by atoms with van der Waals surface area (Å²) in [6, 6.07) is 11.7. The minimum absolute atomic E-state index is 0.0534. The number of alkyl halides is 3. The molecule has 0 spiro atoms. The second-order valence-electron chi connectivity index (χ2n) is 6.20. The minimum atomic E-state index is -4.44. The van der Waals surface area contributed by atoms with Gasteiger partial charge < -0.3 is 9.51 Å². The summed E-state index contributed by atoms with van der Waals surface area (Å²) in [4.78, 5) is 4.52. The highest BCUT2D eigenvalue weighted by molar-refractivity contribution is 5.68. The lowest BCUT2D eigenvalue weighted by Crippen LogP contribution is -2.11. The summed E-state index contributed by atoms with van der Waals surface area (Å²) in [5.41, 5.74) is 3.15. The van der Waals surface area contributed by atoms with Crippen LogP contribution in [0.2, 0.25) is 0 Å². The highest BCUT2D eigenvalue weighted by Crippen LogP contribution is 2.32. The van der Waals surface area contributed by atoms with Gasteiger partial charge in [0, 0.05) is 30.6 Å². The molecule has 1 aromatic carbocycles. The van der Waals surface area contributed by atoms with Gasteiger partial charge in [-0.15, -0.1) is 0 Å². The number of aryl methyl sites for hydroxylation is 1. The number of aliphatic hydroxyl groups is 1. The van der Waals surface area contributed by atoms with Crippen molar-refractivity contribution in [2.45, 2.75) is 12.8 Å². The Balaban J connectivity index is 1.66. The number of hydrogen-bond donors (Lipinski definition) is 1. The molecule has 3 heterocycles. The van der Waals surface area contributed by atoms with Crippen LogP contribution in [0.5, 0.6) is 0 Å². The molecule has 0 aliphatic carbocycles. The van der Waals surface area contributed by atoms with E-state index in [1.165, 1.54) is 7.05 Å². The molecule has 5 nitrogen and oxygen atoms in total. The van der Waals surface area contributed by atoms with Gasteiger partial charge in [-0.2, -0.15) is 18.3 Å². The zero-order valence-corrected chi connectivity index (χ0v) is 14.3. The highest BCUT2D eigenvalue weighted by Gasteiger charge is 2.35. The normalized spacial score (nSPS) is 12.0. The first kappa shape index (κ1) is 17.3. The maximum Gasteiger partial charge on any atom is 0.433 e. The summed E-state index contributed by atoms with van der Waals surface area (Å²) in [7, 11) is 1.28. The molecular formula is C19H15F3N4O. The van der Waals surface area contributed by atoms with E-state index in [1.807, 2.05) is 16.7 Å². The van der Waals surface area contributed by atoms with Crippen molar-refractivity contribution in [2.24, 2.45) is 7.05 Å². The molecule has 27 heavy (non-hydrogen) atoms. The van der Waals surface area contributed by atoms with Crippen LogP contribution in [0.1, 0.15) is 11.3 Å². The fourth-order valence-corrected chi connectivity index (χ4v) is 2.96. The Labute approximate surface area is 152 Å². The molecule has 0 radical (unpaired) electrons. The van der Waals surface area contributed by atoms with E-state index in [1.54, 1.807) is 36.5 Å². The van der Waals surface area contributed by atoms with Crippen LogP contribution in [0.3, 0.4) is 0 Å². The summed E-state index contributed by atoms with van der Waals surface area (Å²) in [6.07, 6.45) is -0.803. The van der Waals surface area contributed by atoms with Gasteiger partial charge in [0.2, 0.25) is 0 Å². The van der Waals surface area contributed by atoms with Gasteiger partial charge in [-0.3, -0.25) is 4.68 Å². The average molecular weight is 372 g/mol. The number of aromatic nitrogens is 4. The summed E-state index contributed by atoms with van der Waals surface area (Å²) in [5, 5.41) is 13.2. The minimum Gasteiger partial charge on any atom is -0.392 e. The molecule has 0 bridgehead atoms. The zero-order chi connectivity index (χ0) is 19.2. The first-order valence-corrected chi connectivity index (χ1v) is 8.16. The number of rotatable bonds is 3. The monoisotopic (exact) mass is 372 g/mol. The van der Waals surface area contributed by atoms with E-state index in [9.17, 15) is 18.3 Å². The Hall–Kier alpha value is -3.13. The summed E-state index contributed by atoms with van der Waals surface area (Å²) in [6.45, 7) is -0.0534. The van der Waals surface area contributed by atoms with Gasteiger partial charge in [-0.25, -0.2) is 4.98 Å². The lowest BCUT2D eigenvalue weighted by atomic mass is 10.1. The Morgan fingerprint density at radius 2 is 1.63 bits per heavy atom. The average Bonchev–Trinajstić information content (AvgIpc) is 3.24. The molecule has 0 unspecified atom stereocenters. The van der Waals surface area contributed by atoms with Crippen LogP contribution in [0.4, 0.5) is 13.2 Å². The molecule has 4 aromatic rings. The fraction of sp³-hybridized carbons (Fsp3) is 0.158. The maximum absolute atomic E-state index is 12.9. The van der Waals surface area contributed by atoms with E-state index in [-0.39, 0.29) is 12.3 Å². The van der Waals surface area contributed by atoms with Crippen LogP contribution in [-0.4, -0.2) is 24.3 Å². The molecule has 3 aromatic heterocycles. The standard InChI is InChI=1S/C19H15F3N4O/c1-25-17(19(20,21)22)8-15(24-25)13-3-5-14(6-4-13)16-10-26-9-12(11-27)2-7-18(26)23-16/h2-10,27H,11H2,1H3. The first-order chi connectivity index (χ1) is 12.8. The van der Waals surface area contributed by atoms with Crippen molar-refractivity contribution in [3.8, 4) is 22.5 Å². The van der Waals surface area contributed by atoms with Gasteiger partial charge in [0.05, 0.1) is 18.0 Å². The number of nitrogens with zero attached hydrogens (tertiary/aromatic N) is 4. The van der Waals surface area contributed by atoms with Crippen molar-refractivity contribution < 1.29 is 18.3 Å². The number of fused-ring (bicyclic) bond motifs is 1. The molecule has 8 heteroatoms. The molecule has 0 aliphatic heterocycles. The predicted octanol–water partition coefficient (Wildman–Crippen LogP) is 3.91. The van der Waals surface area contributed by atoms with E-state index in [0.717, 1.165) is 33.2 Å². The fourth-order valence-electron chi connectivity index (χ4n) is 2.96. The molecule has 0 atom stereocenters. The van der Waals surface area contributed by atoms with Crippen LogP contribution in [-0.2, 0) is 19.8 Å². The summed E-state index contributed by atoms with van der Waals surface area (Å²) < 4.78 is 41.5. The van der Waals surface area contributed by atoms with Gasteiger partial charge >= 0.3 is 6.18 Å². The maximum atomic E-state index is 12.9. The Kier molecular flexibility index (Phi) is 4.00. The van der Waals surface area contributed by atoms with Gasteiger partial charge in [-0.1, -0.05) is 30.3 Å². The van der Waals surface area contributed by atoms with Crippen molar-refractivity contribution in [1.82, 2.24) is 19.2 Å². The zero-order valence-electron chi connectivity index (χ0n) is 14.3. The van der Waals surface area contributed by atoms with E-state index >= 15 is 0 Å². The van der Waals surface area contributed by atoms with Crippen LogP contribution >= 0.6 is 0 Å². The van der Waals surface area contributed by atoms with Gasteiger partial charge in [0.15, 0.2) is 0 Å². The second kappa shape index (κ2) is 6.24. The third kappa shape index (κ3) is 3.19. The van der Waals surface area contributed by atoms with E-state index in [0.29, 0.717) is 5.56 Å². The lowest BCUT2D eigenvalue weighted by Gasteiger charge is -2.04. The van der Waals surface area contributed by atoms with Crippen LogP contribution in [0.25, 0.3) is 28.2 Å². The second-order valence-corrected chi connectivity index (χ2v) is 6.20. The SMILES string of the molecule is Cn1nc(-c2ccc(-c3cn4cc(CO)ccc4n3)cc2)cc1C(F)(F)F. The summed E-state index contributed by atoms with van der Waals surface area (Å²) in [5.74, 6) is 0. The summed E-state index contributed by atoms with van der Waals surface area (Å²) >= 11 is 0. The van der Waals surface area contributed by atoms with E-state index in [2.05, 4.69) is 10.1 Å². The van der Waals surface area contributed by atoms with Crippen molar-refractivity contribution in [2.75, 3.05) is 0 Å². The molecule has 0 amide bonds. The van der Waals surface area contributed by atoms with Gasteiger partial charge in [0.1, 0.15) is 11.3 Å². The number of aliphatic hydroxyl groups excluding tert-OH is 1. The number of pyridine rings is 1. The molecule has 0 saturated carbocycles. The van der Waals surface area contributed by atoms with Crippen molar-refractivity contribution >= 4 is 5.65 Å². The quantitative estimate of drug-likeness (QED) is 0.593. The number of hydrogen-bond acceptors (Lipinski definition) is 3. The molecule has 4 rings (SSSR count). The Bertz CT molecular complexity index is 1110. The smallest absolute Gasteiger partial charge is 0.392 e. The third-order valence-electron chi connectivity index (χ3n) is 4.34. The van der Waals surface area contributed by atoms with Crippen LogP contribution < -0.4 is 0 Å². The third-order valence-corrected chi connectivity index (χ3v) is 4.34. The molecular weight excluding hydrogens is 357 g/mol. The highest BCUT2D eigenvalue weighted by atomic mass is 19.4.